The molecule has 0 saturated carbocycles. The number of hydrogen-bond acceptors (Lipinski definition) is 5. The van der Waals surface area contributed by atoms with Crippen LogP contribution in [-0.2, 0) is 0 Å². The molecule has 0 bridgehead atoms. The van der Waals surface area contributed by atoms with Gasteiger partial charge in [-0.2, -0.15) is 0 Å². The van der Waals surface area contributed by atoms with Gasteiger partial charge in [-0.25, -0.2) is 5.48 Å². The molecule has 0 atom stereocenters. The summed E-state index contributed by atoms with van der Waals surface area (Å²) in [6.45, 7) is 2.42. The first-order valence-electron chi connectivity index (χ1n) is 7.29. The number of aromatic hydroxyl groups is 1. The topological polar surface area (TPSA) is 83.5 Å². The Morgan fingerprint density at radius 1 is 1.30 bits per heavy atom. The molecule has 0 radical (unpaired) electrons. The summed E-state index contributed by atoms with van der Waals surface area (Å²) in [4.78, 5) is 21.3. The average Bonchev–Trinajstić information content (AvgIpc) is 2.58. The van der Waals surface area contributed by atoms with Crippen LogP contribution in [0.15, 0.2) is 48.4 Å². The maximum absolute atomic E-state index is 12.0. The summed E-state index contributed by atoms with van der Waals surface area (Å²) >= 11 is 0. The number of nitrogens with zero attached hydrogens (tertiary/aromatic N) is 1. The zero-order valence-electron chi connectivity index (χ0n) is 12.7. The zero-order valence-corrected chi connectivity index (χ0v) is 12.7. The van der Waals surface area contributed by atoms with Gasteiger partial charge >= 0.3 is 0 Å². The molecule has 3 N–H and O–H groups in total. The Labute approximate surface area is 133 Å². The molecule has 0 fully saturated rings. The van der Waals surface area contributed by atoms with E-state index in [0.717, 1.165) is 16.8 Å². The van der Waals surface area contributed by atoms with Crippen molar-refractivity contribution in [2.24, 2.45) is 0 Å². The van der Waals surface area contributed by atoms with Crippen molar-refractivity contribution in [2.45, 2.75) is 13.3 Å². The summed E-state index contributed by atoms with van der Waals surface area (Å²) in [7, 11) is 0. The molecule has 0 spiro atoms. The molecule has 0 aliphatic carbocycles. The van der Waals surface area contributed by atoms with Gasteiger partial charge in [-0.1, -0.05) is 0 Å². The van der Waals surface area contributed by atoms with Gasteiger partial charge in [0.05, 0.1) is 5.70 Å². The number of nitrogens with one attached hydrogen (secondary N) is 2. The molecular weight excluding hydrogens is 294 g/mol. The number of rotatable bonds is 4. The number of amides is 1. The second-order valence-corrected chi connectivity index (χ2v) is 5.23. The minimum atomic E-state index is -0.138. The third-order valence-corrected chi connectivity index (χ3v) is 3.71. The smallest absolute Gasteiger partial charge is 0.251 e. The van der Waals surface area contributed by atoms with Crippen LogP contribution in [0.25, 0.3) is 5.57 Å². The van der Waals surface area contributed by atoms with Gasteiger partial charge in [0.2, 0.25) is 0 Å². The van der Waals surface area contributed by atoms with Crippen molar-refractivity contribution in [1.82, 2.24) is 15.8 Å². The van der Waals surface area contributed by atoms with E-state index in [1.165, 1.54) is 0 Å². The van der Waals surface area contributed by atoms with Crippen LogP contribution in [0.3, 0.4) is 0 Å². The first-order valence-corrected chi connectivity index (χ1v) is 7.29. The summed E-state index contributed by atoms with van der Waals surface area (Å²) < 4.78 is 0. The van der Waals surface area contributed by atoms with Crippen molar-refractivity contribution < 1.29 is 14.7 Å². The van der Waals surface area contributed by atoms with Crippen LogP contribution in [0.4, 0.5) is 0 Å². The monoisotopic (exact) mass is 311 g/mol. The van der Waals surface area contributed by atoms with E-state index in [4.69, 9.17) is 4.84 Å². The first-order chi connectivity index (χ1) is 11.1. The van der Waals surface area contributed by atoms with Crippen LogP contribution in [0.2, 0.25) is 0 Å². The van der Waals surface area contributed by atoms with Gasteiger partial charge in [0.15, 0.2) is 5.75 Å². The summed E-state index contributed by atoms with van der Waals surface area (Å²) in [6.07, 6.45) is 3.76. The fourth-order valence-corrected chi connectivity index (χ4v) is 2.40. The molecule has 1 amide bonds. The number of carbonyl (C=O) groups excluding carboxylic acids is 1. The lowest BCUT2D eigenvalue weighted by Gasteiger charge is -2.23. The first kappa shape index (κ1) is 14.9. The number of fused-ring (bicyclic) bond motifs is 1. The fourth-order valence-electron chi connectivity index (χ4n) is 2.40. The number of pyridine rings is 1. The van der Waals surface area contributed by atoms with Gasteiger partial charge in [0.25, 0.3) is 5.91 Å². The van der Waals surface area contributed by atoms with Crippen LogP contribution >= 0.6 is 0 Å². The number of phenols is 1. The third kappa shape index (κ3) is 3.26. The third-order valence-electron chi connectivity index (χ3n) is 3.71. The molecule has 1 aromatic heterocycles. The normalized spacial score (nSPS) is 12.9. The van der Waals surface area contributed by atoms with Gasteiger partial charge in [0, 0.05) is 36.5 Å². The number of hydrogen-bond donors (Lipinski definition) is 3. The molecule has 3 rings (SSSR count). The Kier molecular flexibility index (Phi) is 4.14. The van der Waals surface area contributed by atoms with Gasteiger partial charge in [-0.3, -0.25) is 9.78 Å². The van der Waals surface area contributed by atoms with Crippen LogP contribution in [0, 0.1) is 0 Å². The van der Waals surface area contributed by atoms with Crippen molar-refractivity contribution in [1.29, 1.82) is 0 Å². The lowest BCUT2D eigenvalue weighted by atomic mass is 10.0. The Balaban J connectivity index is 1.64. The minimum Gasteiger partial charge on any atom is -0.508 e. The molecule has 1 aliphatic rings. The largest absolute Gasteiger partial charge is 0.508 e. The van der Waals surface area contributed by atoms with Gasteiger partial charge in [-0.15, -0.1) is 0 Å². The lowest BCUT2D eigenvalue weighted by molar-refractivity contribution is 0.0953. The molecule has 2 heterocycles. The van der Waals surface area contributed by atoms with E-state index < -0.39 is 0 Å². The van der Waals surface area contributed by atoms with Crippen molar-refractivity contribution in [3.8, 4) is 11.5 Å². The fraction of sp³-hybridized carbons (Fsp3) is 0.176. The quantitative estimate of drug-likeness (QED) is 0.806. The second-order valence-electron chi connectivity index (χ2n) is 5.23. The molecule has 6 nitrogen and oxygen atoms in total. The van der Waals surface area contributed by atoms with Crippen LogP contribution in [-0.4, -0.2) is 22.5 Å². The van der Waals surface area contributed by atoms with Gasteiger partial charge < -0.3 is 15.3 Å². The van der Waals surface area contributed by atoms with Crippen molar-refractivity contribution >= 4 is 11.5 Å². The summed E-state index contributed by atoms with van der Waals surface area (Å²) in [6, 6.07) is 8.29. The van der Waals surface area contributed by atoms with Crippen LogP contribution in [0.5, 0.6) is 11.5 Å². The highest BCUT2D eigenvalue weighted by molar-refractivity contribution is 5.93. The Hall–Kier alpha value is -3.02. The Morgan fingerprint density at radius 2 is 2.09 bits per heavy atom. The van der Waals surface area contributed by atoms with E-state index in [1.807, 2.05) is 6.92 Å². The van der Waals surface area contributed by atoms with Crippen molar-refractivity contribution in [3.63, 3.8) is 0 Å². The van der Waals surface area contributed by atoms with Crippen molar-refractivity contribution in [3.05, 3.63) is 59.5 Å². The standard InChI is InChI=1S/C17H17N3O3/c1-11-14-10-13(21)2-3-16(14)23-20-15(11)6-9-19-17(22)12-4-7-18-8-5-12/h2-5,7-8,10,20-21H,6,9H2,1H3,(H,19,22). The number of carbonyl (C=O) groups is 1. The highest BCUT2D eigenvalue weighted by atomic mass is 16.6. The van der Waals surface area contributed by atoms with Crippen LogP contribution < -0.4 is 15.6 Å². The highest BCUT2D eigenvalue weighted by Crippen LogP contribution is 2.34. The molecule has 2 aromatic rings. The molecule has 6 heteroatoms. The lowest BCUT2D eigenvalue weighted by Crippen LogP contribution is -2.29. The van der Waals surface area contributed by atoms with Gasteiger partial charge in [0.1, 0.15) is 5.75 Å². The number of benzene rings is 1. The van der Waals surface area contributed by atoms with Crippen LogP contribution in [0.1, 0.15) is 29.3 Å². The Bertz CT molecular complexity index is 757. The number of phenolic OH excluding ortho intramolecular Hbond substituents is 1. The number of hydroxylamine groups is 1. The minimum absolute atomic E-state index is 0.138. The molecule has 1 aromatic carbocycles. The van der Waals surface area contributed by atoms with Crippen molar-refractivity contribution in [2.75, 3.05) is 6.54 Å². The maximum Gasteiger partial charge on any atom is 0.251 e. The predicted octanol–water partition coefficient (Wildman–Crippen LogP) is 2.24. The molecule has 0 saturated heterocycles. The molecule has 0 unspecified atom stereocenters. The summed E-state index contributed by atoms with van der Waals surface area (Å²) in [5.41, 5.74) is 6.18. The number of allylic oxidation sites excluding steroid dienone is 1. The average molecular weight is 311 g/mol. The predicted molar refractivity (Wildman–Crippen MR) is 85.7 cm³/mol. The van der Waals surface area contributed by atoms with Gasteiger partial charge in [-0.05, 0) is 42.8 Å². The summed E-state index contributed by atoms with van der Waals surface area (Å²) in [5.74, 6) is 0.726. The van der Waals surface area contributed by atoms with E-state index in [0.29, 0.717) is 24.3 Å². The molecule has 118 valence electrons. The number of aromatic nitrogens is 1. The SMILES string of the molecule is CC1=C(CCNC(=O)c2ccncc2)NOc2ccc(O)cc21. The molecule has 23 heavy (non-hydrogen) atoms. The zero-order chi connectivity index (χ0) is 16.2. The molecular formula is C17H17N3O3. The second kappa shape index (κ2) is 6.39. The van der Waals surface area contributed by atoms with E-state index in [-0.39, 0.29) is 11.7 Å². The maximum atomic E-state index is 12.0. The highest BCUT2D eigenvalue weighted by Gasteiger charge is 2.17. The van der Waals surface area contributed by atoms with E-state index in [9.17, 15) is 9.90 Å². The van der Waals surface area contributed by atoms with E-state index in [2.05, 4.69) is 15.8 Å². The Morgan fingerprint density at radius 3 is 2.87 bits per heavy atom. The van der Waals surface area contributed by atoms with E-state index in [1.54, 1.807) is 42.7 Å². The van der Waals surface area contributed by atoms with E-state index >= 15 is 0 Å². The summed E-state index contributed by atoms with van der Waals surface area (Å²) in [5, 5.41) is 12.5. The molecule has 1 aliphatic heterocycles.